The molecule has 5 heteroatoms. The fourth-order valence-electron chi connectivity index (χ4n) is 2.41. The summed E-state index contributed by atoms with van der Waals surface area (Å²) in [4.78, 5) is 26.5. The van der Waals surface area contributed by atoms with Crippen molar-refractivity contribution in [2.45, 2.75) is 51.5 Å². The van der Waals surface area contributed by atoms with E-state index in [-0.39, 0.29) is 6.03 Å². The van der Waals surface area contributed by atoms with Gasteiger partial charge in [-0.2, -0.15) is 0 Å². The average molecular weight is 256 g/mol. The van der Waals surface area contributed by atoms with E-state index in [4.69, 9.17) is 5.11 Å². The number of nitrogens with zero attached hydrogens (tertiary/aromatic N) is 2. The molecule has 1 aliphatic heterocycles. The highest BCUT2D eigenvalue weighted by Gasteiger charge is 2.28. The molecule has 0 aliphatic carbocycles. The fraction of sp³-hybridized carbons (Fsp3) is 0.846. The summed E-state index contributed by atoms with van der Waals surface area (Å²) in [6, 6.07) is -0.867. The molecule has 1 atom stereocenters. The van der Waals surface area contributed by atoms with E-state index in [1.165, 1.54) is 11.3 Å². The van der Waals surface area contributed by atoms with Crippen LogP contribution in [0, 0.1) is 0 Å². The number of rotatable bonds is 3. The van der Waals surface area contributed by atoms with Crippen molar-refractivity contribution in [2.75, 3.05) is 20.1 Å². The van der Waals surface area contributed by atoms with Gasteiger partial charge in [-0.1, -0.05) is 26.2 Å². The van der Waals surface area contributed by atoms with Gasteiger partial charge in [0.2, 0.25) is 0 Å². The zero-order valence-electron chi connectivity index (χ0n) is 11.4. The van der Waals surface area contributed by atoms with Crippen molar-refractivity contribution < 1.29 is 14.7 Å². The van der Waals surface area contributed by atoms with E-state index in [0.29, 0.717) is 6.42 Å². The summed E-state index contributed by atoms with van der Waals surface area (Å²) in [6.07, 6.45) is 6.02. The molecule has 0 aromatic heterocycles. The van der Waals surface area contributed by atoms with Gasteiger partial charge in [0.25, 0.3) is 0 Å². The summed E-state index contributed by atoms with van der Waals surface area (Å²) in [5.41, 5.74) is 0. The number of carboxylic acids is 1. The Labute approximate surface area is 109 Å². The van der Waals surface area contributed by atoms with E-state index in [1.54, 1.807) is 18.9 Å². The summed E-state index contributed by atoms with van der Waals surface area (Å²) in [7, 11) is 1.59. The first-order valence-corrected chi connectivity index (χ1v) is 6.82. The summed E-state index contributed by atoms with van der Waals surface area (Å²) < 4.78 is 0. The second-order valence-electron chi connectivity index (χ2n) is 4.91. The number of hydrogen-bond acceptors (Lipinski definition) is 2. The highest BCUT2D eigenvalue weighted by Crippen LogP contribution is 2.13. The lowest BCUT2D eigenvalue weighted by molar-refractivity contribution is -0.142. The Balaban J connectivity index is 2.62. The first-order valence-electron chi connectivity index (χ1n) is 6.82. The molecule has 0 aromatic carbocycles. The fourth-order valence-corrected chi connectivity index (χ4v) is 2.41. The van der Waals surface area contributed by atoms with Crippen LogP contribution in [0.15, 0.2) is 0 Å². The molecule has 0 radical (unpaired) electrons. The first kappa shape index (κ1) is 14.8. The van der Waals surface area contributed by atoms with Crippen LogP contribution < -0.4 is 0 Å². The third-order valence-corrected chi connectivity index (χ3v) is 3.57. The number of likely N-dealkylation sites (tertiary alicyclic amines) is 1. The minimum Gasteiger partial charge on any atom is -0.480 e. The van der Waals surface area contributed by atoms with Crippen molar-refractivity contribution in [3.63, 3.8) is 0 Å². The average Bonchev–Trinajstić information content (AvgIpc) is 2.28. The Morgan fingerprint density at radius 2 is 1.67 bits per heavy atom. The number of carbonyl (C=O) groups is 2. The molecule has 1 heterocycles. The summed E-state index contributed by atoms with van der Waals surface area (Å²) >= 11 is 0. The van der Waals surface area contributed by atoms with Crippen molar-refractivity contribution in [2.24, 2.45) is 0 Å². The Morgan fingerprint density at radius 3 is 2.11 bits per heavy atom. The van der Waals surface area contributed by atoms with Crippen molar-refractivity contribution in [1.29, 1.82) is 0 Å². The van der Waals surface area contributed by atoms with Crippen LogP contribution in [0.5, 0.6) is 0 Å². The molecule has 2 amide bonds. The smallest absolute Gasteiger partial charge is 0.326 e. The van der Waals surface area contributed by atoms with E-state index < -0.39 is 12.0 Å². The predicted octanol–water partition coefficient (Wildman–Crippen LogP) is 2.17. The van der Waals surface area contributed by atoms with E-state index in [2.05, 4.69) is 0 Å². The Kier molecular flexibility index (Phi) is 5.95. The number of likely N-dealkylation sites (N-methyl/N-ethyl adjacent to an activating group) is 1. The van der Waals surface area contributed by atoms with Gasteiger partial charge in [0.15, 0.2) is 0 Å². The minimum absolute atomic E-state index is 0.147. The van der Waals surface area contributed by atoms with Gasteiger partial charge in [0, 0.05) is 20.1 Å². The van der Waals surface area contributed by atoms with E-state index in [1.807, 2.05) is 0 Å². The number of carbonyl (C=O) groups excluding carboxylic acids is 1. The van der Waals surface area contributed by atoms with Crippen molar-refractivity contribution in [3.8, 4) is 0 Å². The van der Waals surface area contributed by atoms with Gasteiger partial charge >= 0.3 is 12.0 Å². The molecular weight excluding hydrogens is 232 g/mol. The molecule has 5 nitrogen and oxygen atoms in total. The van der Waals surface area contributed by atoms with Crippen molar-refractivity contribution >= 4 is 12.0 Å². The van der Waals surface area contributed by atoms with Gasteiger partial charge in [0.1, 0.15) is 6.04 Å². The van der Waals surface area contributed by atoms with E-state index in [0.717, 1.165) is 38.8 Å². The Bertz CT molecular complexity index is 286. The lowest BCUT2D eigenvalue weighted by Gasteiger charge is -2.32. The molecule has 1 rings (SSSR count). The van der Waals surface area contributed by atoms with Crippen LogP contribution in [0.2, 0.25) is 0 Å². The molecular formula is C13H24N2O3. The molecule has 0 saturated carbocycles. The zero-order valence-corrected chi connectivity index (χ0v) is 11.4. The summed E-state index contributed by atoms with van der Waals surface area (Å²) in [6.45, 7) is 3.29. The maximum atomic E-state index is 12.3. The molecule has 0 bridgehead atoms. The molecule has 18 heavy (non-hydrogen) atoms. The molecule has 104 valence electrons. The standard InChI is InChI=1S/C13H24N2O3/c1-3-11(12(16)17)14(2)13(18)15-9-7-5-4-6-8-10-15/h11H,3-10H2,1-2H3,(H,16,17). The quantitative estimate of drug-likeness (QED) is 0.841. The zero-order chi connectivity index (χ0) is 13.5. The van der Waals surface area contributed by atoms with Gasteiger partial charge in [-0.05, 0) is 19.3 Å². The summed E-state index contributed by atoms with van der Waals surface area (Å²) in [5, 5.41) is 9.08. The Morgan fingerprint density at radius 1 is 1.17 bits per heavy atom. The predicted molar refractivity (Wildman–Crippen MR) is 69.5 cm³/mol. The van der Waals surface area contributed by atoms with Gasteiger partial charge < -0.3 is 14.9 Å². The van der Waals surface area contributed by atoms with Crippen LogP contribution in [-0.4, -0.2) is 53.1 Å². The lowest BCUT2D eigenvalue weighted by Crippen LogP contribution is -2.49. The molecule has 0 spiro atoms. The van der Waals surface area contributed by atoms with Crippen LogP contribution in [0.3, 0.4) is 0 Å². The highest BCUT2D eigenvalue weighted by molar-refractivity contribution is 5.82. The molecule has 1 N–H and O–H groups in total. The second kappa shape index (κ2) is 7.24. The molecule has 0 aromatic rings. The van der Waals surface area contributed by atoms with Gasteiger partial charge in [0.05, 0.1) is 0 Å². The third-order valence-electron chi connectivity index (χ3n) is 3.57. The summed E-state index contributed by atoms with van der Waals surface area (Å²) in [5.74, 6) is -0.930. The first-order chi connectivity index (χ1) is 8.57. The normalized spacial score (nSPS) is 18.7. The lowest BCUT2D eigenvalue weighted by atomic mass is 10.1. The molecule has 1 unspecified atom stereocenters. The topological polar surface area (TPSA) is 60.9 Å². The number of hydrogen-bond donors (Lipinski definition) is 1. The highest BCUT2D eigenvalue weighted by atomic mass is 16.4. The van der Waals surface area contributed by atoms with Gasteiger partial charge in [-0.15, -0.1) is 0 Å². The van der Waals surface area contributed by atoms with Gasteiger partial charge in [-0.25, -0.2) is 9.59 Å². The van der Waals surface area contributed by atoms with Crippen LogP contribution in [0.25, 0.3) is 0 Å². The van der Waals surface area contributed by atoms with Crippen LogP contribution in [0.1, 0.15) is 45.4 Å². The maximum absolute atomic E-state index is 12.3. The number of aliphatic carboxylic acids is 1. The monoisotopic (exact) mass is 256 g/mol. The van der Waals surface area contributed by atoms with Crippen LogP contribution in [-0.2, 0) is 4.79 Å². The third kappa shape index (κ3) is 3.89. The second-order valence-corrected chi connectivity index (χ2v) is 4.91. The van der Waals surface area contributed by atoms with Crippen molar-refractivity contribution in [3.05, 3.63) is 0 Å². The Hall–Kier alpha value is -1.26. The number of amides is 2. The van der Waals surface area contributed by atoms with Crippen molar-refractivity contribution in [1.82, 2.24) is 9.80 Å². The SMILES string of the molecule is CCC(C(=O)O)N(C)C(=O)N1CCCCCCC1. The molecule has 1 aliphatic rings. The van der Waals surface area contributed by atoms with Gasteiger partial charge in [-0.3, -0.25) is 0 Å². The number of carboxylic acid groups (broad SMARTS) is 1. The molecule has 1 saturated heterocycles. The minimum atomic E-state index is -0.930. The van der Waals surface area contributed by atoms with E-state index in [9.17, 15) is 9.59 Å². The molecule has 1 fully saturated rings. The van der Waals surface area contributed by atoms with Crippen LogP contribution in [0.4, 0.5) is 4.79 Å². The maximum Gasteiger partial charge on any atom is 0.326 e. The largest absolute Gasteiger partial charge is 0.480 e. The van der Waals surface area contributed by atoms with E-state index >= 15 is 0 Å². The van der Waals surface area contributed by atoms with Crippen LogP contribution >= 0.6 is 0 Å². The number of urea groups is 1.